The average Bonchev–Trinajstić information content (AvgIpc) is 2.19. The predicted molar refractivity (Wildman–Crippen MR) is 57.4 cm³/mol. The molecule has 2 aliphatic heterocycles. The van der Waals surface area contributed by atoms with Crippen LogP contribution in [0.25, 0.3) is 0 Å². The van der Waals surface area contributed by atoms with Gasteiger partial charge < -0.3 is 10.1 Å². The Labute approximate surface area is 86.8 Å². The summed E-state index contributed by atoms with van der Waals surface area (Å²) in [5.41, 5.74) is 0. The molecule has 2 fully saturated rings. The molecule has 0 aromatic rings. The highest BCUT2D eigenvalue weighted by Crippen LogP contribution is 2.17. The normalized spacial score (nSPS) is 35.8. The van der Waals surface area contributed by atoms with Crippen LogP contribution >= 0.6 is 0 Å². The third kappa shape index (κ3) is 2.94. The molecule has 2 rings (SSSR count). The second kappa shape index (κ2) is 5.10. The molecule has 0 saturated carbocycles. The molecule has 3 heteroatoms. The number of hydrogen-bond donors (Lipinski definition) is 1. The van der Waals surface area contributed by atoms with Crippen LogP contribution in [-0.2, 0) is 4.74 Å². The van der Waals surface area contributed by atoms with E-state index in [2.05, 4.69) is 17.1 Å². The van der Waals surface area contributed by atoms with Crippen molar-refractivity contribution in [3.05, 3.63) is 0 Å². The molecule has 0 aliphatic carbocycles. The van der Waals surface area contributed by atoms with Crippen LogP contribution in [0.5, 0.6) is 0 Å². The van der Waals surface area contributed by atoms with E-state index in [-0.39, 0.29) is 0 Å². The van der Waals surface area contributed by atoms with Crippen LogP contribution < -0.4 is 5.32 Å². The zero-order valence-corrected chi connectivity index (χ0v) is 9.17. The van der Waals surface area contributed by atoms with Crippen LogP contribution in [0.4, 0.5) is 0 Å². The Morgan fingerprint density at radius 3 is 2.79 bits per heavy atom. The van der Waals surface area contributed by atoms with Gasteiger partial charge in [-0.15, -0.1) is 0 Å². The van der Waals surface area contributed by atoms with Crippen LogP contribution in [0.2, 0.25) is 0 Å². The van der Waals surface area contributed by atoms with Gasteiger partial charge in [-0.3, -0.25) is 4.90 Å². The predicted octanol–water partition coefficient (Wildman–Crippen LogP) is 0.564. The summed E-state index contributed by atoms with van der Waals surface area (Å²) in [5.74, 6) is 1.71. The first-order chi connectivity index (χ1) is 6.84. The minimum Gasteiger partial charge on any atom is -0.379 e. The molecule has 0 spiro atoms. The molecule has 2 aliphatic rings. The quantitative estimate of drug-likeness (QED) is 0.702. The monoisotopic (exact) mass is 198 g/mol. The molecule has 2 atom stereocenters. The molecular weight excluding hydrogens is 176 g/mol. The summed E-state index contributed by atoms with van der Waals surface area (Å²) >= 11 is 0. The molecule has 0 aromatic heterocycles. The van der Waals surface area contributed by atoms with Crippen molar-refractivity contribution in [2.45, 2.75) is 13.3 Å². The number of ether oxygens (including phenoxy) is 1. The van der Waals surface area contributed by atoms with Gasteiger partial charge in [-0.1, -0.05) is 6.92 Å². The molecule has 1 N–H and O–H groups in total. The second-order valence-electron chi connectivity index (χ2n) is 4.78. The summed E-state index contributed by atoms with van der Waals surface area (Å²) in [5, 5.41) is 3.52. The van der Waals surface area contributed by atoms with Gasteiger partial charge in [0.25, 0.3) is 0 Å². The largest absolute Gasteiger partial charge is 0.379 e. The van der Waals surface area contributed by atoms with E-state index in [1.807, 2.05) is 0 Å². The van der Waals surface area contributed by atoms with E-state index in [0.29, 0.717) is 0 Å². The van der Waals surface area contributed by atoms with Crippen molar-refractivity contribution in [2.75, 3.05) is 45.9 Å². The molecule has 0 bridgehead atoms. The van der Waals surface area contributed by atoms with Gasteiger partial charge in [0.2, 0.25) is 0 Å². The van der Waals surface area contributed by atoms with Gasteiger partial charge in [0.05, 0.1) is 13.2 Å². The van der Waals surface area contributed by atoms with Crippen LogP contribution in [0.3, 0.4) is 0 Å². The van der Waals surface area contributed by atoms with Crippen LogP contribution in [-0.4, -0.2) is 50.8 Å². The topological polar surface area (TPSA) is 24.5 Å². The Morgan fingerprint density at radius 1 is 1.29 bits per heavy atom. The van der Waals surface area contributed by atoms with Crippen molar-refractivity contribution in [3.8, 4) is 0 Å². The molecule has 14 heavy (non-hydrogen) atoms. The summed E-state index contributed by atoms with van der Waals surface area (Å²) in [7, 11) is 0. The lowest BCUT2D eigenvalue weighted by molar-refractivity contribution is 0.0274. The summed E-state index contributed by atoms with van der Waals surface area (Å²) in [6.07, 6.45) is 1.39. The molecular formula is C11H22N2O. The van der Waals surface area contributed by atoms with Crippen molar-refractivity contribution >= 4 is 0 Å². The van der Waals surface area contributed by atoms with Gasteiger partial charge in [-0.05, 0) is 31.3 Å². The molecule has 0 amide bonds. The average molecular weight is 198 g/mol. The number of rotatable bonds is 2. The summed E-state index contributed by atoms with van der Waals surface area (Å²) in [6.45, 7) is 10.1. The Morgan fingerprint density at radius 2 is 2.07 bits per heavy atom. The van der Waals surface area contributed by atoms with Gasteiger partial charge in [0.1, 0.15) is 0 Å². The zero-order valence-electron chi connectivity index (χ0n) is 9.17. The minimum atomic E-state index is 0.856. The number of nitrogens with one attached hydrogen (secondary N) is 1. The summed E-state index contributed by atoms with van der Waals surface area (Å²) in [6, 6.07) is 0. The lowest BCUT2D eigenvalue weighted by Gasteiger charge is -2.34. The molecule has 0 aromatic carbocycles. The third-order valence-electron chi connectivity index (χ3n) is 3.28. The van der Waals surface area contributed by atoms with E-state index in [1.165, 1.54) is 26.1 Å². The molecule has 1 unspecified atom stereocenters. The van der Waals surface area contributed by atoms with Crippen LogP contribution in [0.1, 0.15) is 13.3 Å². The van der Waals surface area contributed by atoms with E-state index >= 15 is 0 Å². The van der Waals surface area contributed by atoms with Crippen LogP contribution in [0, 0.1) is 11.8 Å². The van der Waals surface area contributed by atoms with Crippen molar-refractivity contribution < 1.29 is 4.74 Å². The van der Waals surface area contributed by atoms with Gasteiger partial charge in [0.15, 0.2) is 0 Å². The Hall–Kier alpha value is -0.120. The summed E-state index contributed by atoms with van der Waals surface area (Å²) < 4.78 is 5.35. The van der Waals surface area contributed by atoms with Gasteiger partial charge in [-0.2, -0.15) is 0 Å². The fraction of sp³-hybridized carbons (Fsp3) is 1.00. The first-order valence-electron chi connectivity index (χ1n) is 5.85. The maximum absolute atomic E-state index is 5.35. The zero-order chi connectivity index (χ0) is 9.80. The second-order valence-corrected chi connectivity index (χ2v) is 4.78. The standard InChI is InChI=1S/C11H22N2O/c1-10-6-11(8-12-7-10)9-13-2-4-14-5-3-13/h10-12H,2-9H2,1H3/t10-,11?/m0/s1. The molecule has 3 nitrogen and oxygen atoms in total. The van der Waals surface area contributed by atoms with Crippen molar-refractivity contribution in [1.82, 2.24) is 10.2 Å². The van der Waals surface area contributed by atoms with Crippen molar-refractivity contribution in [2.24, 2.45) is 11.8 Å². The number of nitrogens with zero attached hydrogens (tertiary/aromatic N) is 1. The lowest BCUT2D eigenvalue weighted by Crippen LogP contribution is -2.44. The van der Waals surface area contributed by atoms with E-state index in [0.717, 1.165) is 38.1 Å². The first kappa shape index (κ1) is 10.4. The van der Waals surface area contributed by atoms with Gasteiger partial charge in [0, 0.05) is 19.6 Å². The van der Waals surface area contributed by atoms with Crippen molar-refractivity contribution in [1.29, 1.82) is 0 Å². The Balaban J connectivity index is 1.72. The number of morpholine rings is 1. The van der Waals surface area contributed by atoms with E-state index in [9.17, 15) is 0 Å². The SMILES string of the molecule is C[C@@H]1CNCC(CN2CCOCC2)C1. The van der Waals surface area contributed by atoms with E-state index < -0.39 is 0 Å². The molecule has 82 valence electrons. The lowest BCUT2D eigenvalue weighted by atomic mass is 9.91. The fourth-order valence-electron chi connectivity index (χ4n) is 2.56. The highest BCUT2D eigenvalue weighted by molar-refractivity contribution is 4.77. The van der Waals surface area contributed by atoms with E-state index in [4.69, 9.17) is 4.74 Å². The maximum atomic E-state index is 5.35. The Bertz CT molecular complexity index is 169. The van der Waals surface area contributed by atoms with Gasteiger partial charge >= 0.3 is 0 Å². The highest BCUT2D eigenvalue weighted by atomic mass is 16.5. The molecule has 2 saturated heterocycles. The van der Waals surface area contributed by atoms with Gasteiger partial charge in [-0.25, -0.2) is 0 Å². The highest BCUT2D eigenvalue weighted by Gasteiger charge is 2.21. The number of hydrogen-bond acceptors (Lipinski definition) is 3. The molecule has 0 radical (unpaired) electrons. The maximum Gasteiger partial charge on any atom is 0.0594 e. The third-order valence-corrected chi connectivity index (χ3v) is 3.28. The smallest absolute Gasteiger partial charge is 0.0594 e. The summed E-state index contributed by atoms with van der Waals surface area (Å²) in [4.78, 5) is 2.55. The molecule has 2 heterocycles. The van der Waals surface area contributed by atoms with E-state index in [1.54, 1.807) is 0 Å². The Kier molecular flexibility index (Phi) is 3.79. The minimum absolute atomic E-state index is 0.856. The first-order valence-corrected chi connectivity index (χ1v) is 5.85. The number of piperidine rings is 1. The van der Waals surface area contributed by atoms with Crippen molar-refractivity contribution in [3.63, 3.8) is 0 Å². The fourth-order valence-corrected chi connectivity index (χ4v) is 2.56. The van der Waals surface area contributed by atoms with Crippen LogP contribution in [0.15, 0.2) is 0 Å².